The monoisotopic (exact) mass is 260 g/mol. The molecule has 1 heterocycles. The number of hydrogen-bond donors (Lipinski definition) is 0. The van der Waals surface area contributed by atoms with Gasteiger partial charge in [0.2, 0.25) is 5.78 Å². The zero-order valence-electron chi connectivity index (χ0n) is 10.3. The maximum Gasteiger partial charge on any atom is 0.310 e. The predicted molar refractivity (Wildman–Crippen MR) is 68.3 cm³/mol. The van der Waals surface area contributed by atoms with E-state index in [0.717, 1.165) is 0 Å². The van der Waals surface area contributed by atoms with Crippen molar-refractivity contribution in [3.05, 3.63) is 58.4 Å². The van der Waals surface area contributed by atoms with Crippen LogP contribution < -0.4 is 4.74 Å². The number of carbonyl (C=O) groups excluding carboxylic acids is 1. The number of ether oxygens (including phenoxy) is 1. The van der Waals surface area contributed by atoms with Gasteiger partial charge in [-0.3, -0.25) is 14.9 Å². The number of ketones is 1. The van der Waals surface area contributed by atoms with E-state index in [9.17, 15) is 14.9 Å². The molecular formula is C13H12N2O4. The van der Waals surface area contributed by atoms with Gasteiger partial charge in [0.1, 0.15) is 0 Å². The number of carbonyl (C=O) groups is 1. The summed E-state index contributed by atoms with van der Waals surface area (Å²) in [5, 5.41) is 10.8. The molecule has 6 nitrogen and oxygen atoms in total. The van der Waals surface area contributed by atoms with Crippen molar-refractivity contribution in [3.63, 3.8) is 0 Å². The standard InChI is InChI=1S/C13H12N2O4/c1-14-7-6-10(8-14)12(16)9-19-13-5-3-2-4-11(13)15(17)18/h2-8H,9H2,1H3. The molecule has 0 radical (unpaired) electrons. The van der Waals surface area contributed by atoms with Gasteiger partial charge in [-0.05, 0) is 12.1 Å². The molecule has 0 unspecified atom stereocenters. The van der Waals surface area contributed by atoms with E-state index in [1.165, 1.54) is 12.1 Å². The second-order valence-electron chi connectivity index (χ2n) is 4.00. The average Bonchev–Trinajstić information content (AvgIpc) is 2.83. The van der Waals surface area contributed by atoms with Crippen LogP contribution in [0.15, 0.2) is 42.7 Å². The van der Waals surface area contributed by atoms with Gasteiger partial charge in [0, 0.05) is 31.1 Å². The minimum Gasteiger partial charge on any atom is -0.478 e. The summed E-state index contributed by atoms with van der Waals surface area (Å²) in [6, 6.07) is 7.64. The van der Waals surface area contributed by atoms with Gasteiger partial charge in [-0.15, -0.1) is 0 Å². The fraction of sp³-hybridized carbons (Fsp3) is 0.154. The van der Waals surface area contributed by atoms with E-state index in [4.69, 9.17) is 4.74 Å². The van der Waals surface area contributed by atoms with Crippen LogP contribution >= 0.6 is 0 Å². The van der Waals surface area contributed by atoms with Crippen molar-refractivity contribution in [2.45, 2.75) is 0 Å². The Morgan fingerprint density at radius 1 is 1.37 bits per heavy atom. The van der Waals surface area contributed by atoms with E-state index < -0.39 is 4.92 Å². The number of para-hydroxylation sites is 2. The Balaban J connectivity index is 2.07. The van der Waals surface area contributed by atoms with Crippen molar-refractivity contribution < 1.29 is 14.5 Å². The summed E-state index contributed by atoms with van der Waals surface area (Å²) >= 11 is 0. The van der Waals surface area contributed by atoms with Gasteiger partial charge in [0.15, 0.2) is 12.4 Å². The summed E-state index contributed by atoms with van der Waals surface area (Å²) in [7, 11) is 1.81. The summed E-state index contributed by atoms with van der Waals surface area (Å²) in [5.74, 6) is -0.129. The molecule has 0 saturated carbocycles. The normalized spacial score (nSPS) is 10.2. The molecule has 0 aliphatic heterocycles. The quantitative estimate of drug-likeness (QED) is 0.469. The van der Waals surface area contributed by atoms with E-state index in [-0.39, 0.29) is 23.8 Å². The van der Waals surface area contributed by atoms with Gasteiger partial charge in [0.05, 0.1) is 4.92 Å². The van der Waals surface area contributed by atoms with E-state index in [0.29, 0.717) is 5.56 Å². The number of benzene rings is 1. The van der Waals surface area contributed by atoms with Crippen LogP contribution in [0.5, 0.6) is 5.75 Å². The second kappa shape index (κ2) is 5.34. The fourth-order valence-corrected chi connectivity index (χ4v) is 1.62. The summed E-state index contributed by atoms with van der Waals surface area (Å²) in [5.41, 5.74) is 0.365. The zero-order chi connectivity index (χ0) is 13.8. The van der Waals surface area contributed by atoms with Gasteiger partial charge >= 0.3 is 5.69 Å². The Bertz CT molecular complexity index is 619. The first-order valence-electron chi connectivity index (χ1n) is 5.59. The zero-order valence-corrected chi connectivity index (χ0v) is 10.3. The van der Waals surface area contributed by atoms with Gasteiger partial charge in [0.25, 0.3) is 0 Å². The minimum atomic E-state index is -0.539. The molecular weight excluding hydrogens is 248 g/mol. The maximum absolute atomic E-state index is 11.8. The lowest BCUT2D eigenvalue weighted by atomic mass is 10.2. The van der Waals surface area contributed by atoms with Crippen LogP contribution in [-0.4, -0.2) is 21.9 Å². The van der Waals surface area contributed by atoms with Crippen molar-refractivity contribution in [1.82, 2.24) is 4.57 Å². The van der Waals surface area contributed by atoms with Gasteiger partial charge in [-0.25, -0.2) is 0 Å². The molecule has 0 aliphatic rings. The lowest BCUT2D eigenvalue weighted by Gasteiger charge is -2.04. The van der Waals surface area contributed by atoms with Gasteiger partial charge in [-0.2, -0.15) is 0 Å². The van der Waals surface area contributed by atoms with Crippen molar-refractivity contribution in [1.29, 1.82) is 0 Å². The largest absolute Gasteiger partial charge is 0.478 e. The molecule has 0 saturated heterocycles. The van der Waals surface area contributed by atoms with Crippen LogP contribution in [0.3, 0.4) is 0 Å². The molecule has 0 N–H and O–H groups in total. The third-order valence-corrected chi connectivity index (χ3v) is 2.57. The first-order chi connectivity index (χ1) is 9.08. The summed E-state index contributed by atoms with van der Waals surface area (Å²) in [4.78, 5) is 22.0. The summed E-state index contributed by atoms with van der Waals surface area (Å²) in [6.07, 6.45) is 3.42. The Morgan fingerprint density at radius 3 is 2.74 bits per heavy atom. The Morgan fingerprint density at radius 2 is 2.11 bits per heavy atom. The molecule has 0 fully saturated rings. The number of aryl methyl sites for hydroxylation is 1. The first kappa shape index (κ1) is 12.8. The Kier molecular flexibility index (Phi) is 3.61. The molecule has 0 atom stereocenters. The van der Waals surface area contributed by atoms with Crippen LogP contribution in [0.1, 0.15) is 10.4 Å². The highest BCUT2D eigenvalue weighted by molar-refractivity contribution is 5.97. The fourth-order valence-electron chi connectivity index (χ4n) is 1.62. The number of nitro groups is 1. The van der Waals surface area contributed by atoms with Crippen LogP contribution in [0.2, 0.25) is 0 Å². The highest BCUT2D eigenvalue weighted by Crippen LogP contribution is 2.25. The van der Waals surface area contributed by atoms with E-state index in [1.54, 1.807) is 42.2 Å². The van der Waals surface area contributed by atoms with E-state index >= 15 is 0 Å². The number of nitro benzene ring substituents is 1. The molecule has 0 spiro atoms. The Labute approximate surface area is 109 Å². The third kappa shape index (κ3) is 2.98. The Hall–Kier alpha value is -2.63. The lowest BCUT2D eigenvalue weighted by molar-refractivity contribution is -0.385. The topological polar surface area (TPSA) is 74.4 Å². The summed E-state index contributed by atoms with van der Waals surface area (Å²) < 4.78 is 6.97. The van der Waals surface area contributed by atoms with Crippen molar-refractivity contribution in [2.24, 2.45) is 7.05 Å². The van der Waals surface area contributed by atoms with Crippen LogP contribution in [0.4, 0.5) is 5.69 Å². The third-order valence-electron chi connectivity index (χ3n) is 2.57. The smallest absolute Gasteiger partial charge is 0.310 e. The number of Topliss-reactive ketones (excluding diaryl/α,β-unsaturated/α-hetero) is 1. The molecule has 1 aromatic heterocycles. The van der Waals surface area contributed by atoms with E-state index in [2.05, 4.69) is 0 Å². The van der Waals surface area contributed by atoms with Crippen molar-refractivity contribution in [3.8, 4) is 5.75 Å². The maximum atomic E-state index is 11.8. The number of hydrogen-bond acceptors (Lipinski definition) is 4. The molecule has 2 rings (SSSR count). The number of aromatic nitrogens is 1. The van der Waals surface area contributed by atoms with Crippen molar-refractivity contribution in [2.75, 3.05) is 6.61 Å². The highest BCUT2D eigenvalue weighted by Gasteiger charge is 2.15. The predicted octanol–water partition coefficient (Wildman–Crippen LogP) is 2.20. The van der Waals surface area contributed by atoms with Crippen LogP contribution in [-0.2, 0) is 7.05 Å². The molecule has 0 amide bonds. The first-order valence-corrected chi connectivity index (χ1v) is 5.59. The average molecular weight is 260 g/mol. The molecule has 2 aromatic rings. The molecule has 6 heteroatoms. The van der Waals surface area contributed by atoms with Crippen molar-refractivity contribution >= 4 is 11.5 Å². The SMILES string of the molecule is Cn1ccc(C(=O)COc2ccccc2[N+](=O)[O-])c1. The molecule has 1 aromatic carbocycles. The molecule has 19 heavy (non-hydrogen) atoms. The molecule has 0 aliphatic carbocycles. The molecule has 98 valence electrons. The highest BCUT2D eigenvalue weighted by atomic mass is 16.6. The van der Waals surface area contributed by atoms with Gasteiger partial charge in [-0.1, -0.05) is 12.1 Å². The van der Waals surface area contributed by atoms with Crippen LogP contribution in [0.25, 0.3) is 0 Å². The van der Waals surface area contributed by atoms with E-state index in [1.807, 2.05) is 0 Å². The number of rotatable bonds is 5. The minimum absolute atomic E-state index is 0.0942. The second-order valence-corrected chi connectivity index (χ2v) is 4.00. The summed E-state index contributed by atoms with van der Waals surface area (Å²) in [6.45, 7) is -0.227. The number of nitrogens with zero attached hydrogens (tertiary/aromatic N) is 2. The van der Waals surface area contributed by atoms with Crippen LogP contribution in [0, 0.1) is 10.1 Å². The molecule has 0 bridgehead atoms. The van der Waals surface area contributed by atoms with Gasteiger partial charge < -0.3 is 9.30 Å². The lowest BCUT2D eigenvalue weighted by Crippen LogP contribution is -2.11.